The Morgan fingerprint density at radius 3 is 2.64 bits per heavy atom. The van der Waals surface area contributed by atoms with Crippen molar-refractivity contribution in [3.8, 4) is 5.82 Å². The number of fused-ring (bicyclic) bond motifs is 3. The summed E-state index contributed by atoms with van der Waals surface area (Å²) in [6.45, 7) is 12.5. The van der Waals surface area contributed by atoms with Gasteiger partial charge in [-0.05, 0) is 62.1 Å². The molecule has 1 aromatic carbocycles. The molecule has 0 saturated heterocycles. The van der Waals surface area contributed by atoms with Crippen molar-refractivity contribution in [3.05, 3.63) is 75.8 Å². The minimum absolute atomic E-state index is 0.0377. The van der Waals surface area contributed by atoms with E-state index in [1.807, 2.05) is 42.8 Å². The van der Waals surface area contributed by atoms with Crippen LogP contribution in [0, 0.1) is 0 Å². The van der Waals surface area contributed by atoms with Crippen LogP contribution in [-0.4, -0.2) is 25.9 Å². The lowest BCUT2D eigenvalue weighted by Crippen LogP contribution is -2.33. The molecule has 36 heavy (non-hydrogen) atoms. The summed E-state index contributed by atoms with van der Waals surface area (Å²) in [5.74, 6) is 1.43. The van der Waals surface area contributed by atoms with Crippen LogP contribution in [0.4, 0.5) is 11.5 Å². The fraction of sp³-hybridized carbons (Fsp3) is 0.414. The third-order valence-electron chi connectivity index (χ3n) is 7.55. The van der Waals surface area contributed by atoms with Crippen molar-refractivity contribution in [1.29, 1.82) is 0 Å². The summed E-state index contributed by atoms with van der Waals surface area (Å²) in [4.78, 5) is 23.0. The van der Waals surface area contributed by atoms with Crippen LogP contribution in [0.3, 0.4) is 0 Å². The Morgan fingerprint density at radius 1 is 1.11 bits per heavy atom. The van der Waals surface area contributed by atoms with E-state index in [2.05, 4.69) is 54.6 Å². The summed E-state index contributed by atoms with van der Waals surface area (Å²) < 4.78 is 3.71. The third kappa shape index (κ3) is 3.73. The van der Waals surface area contributed by atoms with Gasteiger partial charge in [-0.2, -0.15) is 0 Å². The average molecular weight is 483 g/mol. The molecule has 1 aliphatic carbocycles. The van der Waals surface area contributed by atoms with Crippen LogP contribution in [-0.2, 0) is 17.4 Å². The molecule has 0 bridgehead atoms. The molecule has 0 amide bonds. The van der Waals surface area contributed by atoms with Gasteiger partial charge in [0.25, 0.3) is 5.56 Å². The maximum Gasteiger partial charge on any atom is 0.276 e. The zero-order chi connectivity index (χ0) is 25.2. The van der Waals surface area contributed by atoms with Crippen LogP contribution in [0.1, 0.15) is 70.3 Å². The molecule has 1 aliphatic heterocycles. The standard InChI is InChI=1S/C29H34N6O/c1-18(2)34-27(36)21-16-31-25(14-23(21)35(34)26-8-6-7-24(33-26)28(3,4)5)32-20-9-10-22-19(13-20)15-30-17-29(22)11-12-29/h6-10,13-14,16,18,30H,11-12,15,17H2,1-5H3,(H,31,32). The molecular weight excluding hydrogens is 448 g/mol. The highest BCUT2D eigenvalue weighted by Crippen LogP contribution is 2.50. The van der Waals surface area contributed by atoms with Gasteiger partial charge in [0.2, 0.25) is 0 Å². The van der Waals surface area contributed by atoms with Crippen molar-refractivity contribution in [1.82, 2.24) is 24.6 Å². The zero-order valence-electron chi connectivity index (χ0n) is 21.7. The number of nitrogens with zero attached hydrogens (tertiary/aromatic N) is 4. The minimum Gasteiger partial charge on any atom is -0.340 e. The van der Waals surface area contributed by atoms with Gasteiger partial charge in [-0.15, -0.1) is 0 Å². The Hall–Kier alpha value is -3.45. The second-order valence-corrected chi connectivity index (χ2v) is 11.7. The first-order valence-corrected chi connectivity index (χ1v) is 12.9. The van der Waals surface area contributed by atoms with Crippen LogP contribution in [0.2, 0.25) is 0 Å². The van der Waals surface area contributed by atoms with Gasteiger partial charge in [0.05, 0.1) is 10.9 Å². The molecule has 0 unspecified atom stereocenters. The summed E-state index contributed by atoms with van der Waals surface area (Å²) in [6.07, 6.45) is 4.22. The molecule has 2 aliphatic rings. The molecule has 1 spiro atoms. The maximum absolute atomic E-state index is 13.4. The summed E-state index contributed by atoms with van der Waals surface area (Å²) in [7, 11) is 0. The largest absolute Gasteiger partial charge is 0.340 e. The van der Waals surface area contributed by atoms with Crippen molar-refractivity contribution in [2.24, 2.45) is 0 Å². The van der Waals surface area contributed by atoms with Gasteiger partial charge in [-0.25, -0.2) is 19.3 Å². The van der Waals surface area contributed by atoms with Crippen LogP contribution >= 0.6 is 0 Å². The van der Waals surface area contributed by atoms with E-state index >= 15 is 0 Å². The van der Waals surface area contributed by atoms with Gasteiger partial charge in [-0.1, -0.05) is 32.9 Å². The molecule has 0 radical (unpaired) electrons. The SMILES string of the molecule is CC(C)n1c(=O)c2cnc(Nc3ccc4c(c3)CNCC43CC3)cc2n1-c1cccc(C(C)(C)C)n1. The molecule has 7 heteroatoms. The molecule has 0 atom stereocenters. The first kappa shape index (κ1) is 23.0. The van der Waals surface area contributed by atoms with E-state index in [1.54, 1.807) is 10.9 Å². The van der Waals surface area contributed by atoms with Crippen LogP contribution in [0.5, 0.6) is 0 Å². The van der Waals surface area contributed by atoms with Gasteiger partial charge in [-0.3, -0.25) is 4.79 Å². The molecular formula is C29H34N6O. The molecule has 1 fully saturated rings. The van der Waals surface area contributed by atoms with E-state index < -0.39 is 0 Å². The van der Waals surface area contributed by atoms with E-state index in [0.717, 1.165) is 35.8 Å². The molecule has 4 aromatic rings. The predicted molar refractivity (Wildman–Crippen MR) is 145 cm³/mol. The van der Waals surface area contributed by atoms with E-state index in [0.29, 0.717) is 16.6 Å². The monoisotopic (exact) mass is 482 g/mol. The Labute approximate surface area is 211 Å². The first-order valence-electron chi connectivity index (χ1n) is 12.9. The summed E-state index contributed by atoms with van der Waals surface area (Å²) in [5, 5.41) is 7.65. The van der Waals surface area contributed by atoms with E-state index in [1.165, 1.54) is 24.0 Å². The van der Waals surface area contributed by atoms with Gasteiger partial charge >= 0.3 is 0 Å². The number of hydrogen-bond donors (Lipinski definition) is 2. The summed E-state index contributed by atoms with van der Waals surface area (Å²) in [6, 6.07) is 14.6. The molecule has 3 aromatic heterocycles. The smallest absolute Gasteiger partial charge is 0.276 e. The van der Waals surface area contributed by atoms with Gasteiger partial charge in [0, 0.05) is 53.6 Å². The molecule has 6 rings (SSSR count). The first-order chi connectivity index (χ1) is 17.2. The Morgan fingerprint density at radius 2 is 1.92 bits per heavy atom. The van der Waals surface area contributed by atoms with Crippen molar-refractivity contribution in [2.45, 2.75) is 70.9 Å². The number of nitrogens with one attached hydrogen (secondary N) is 2. The number of hydrogen-bond acceptors (Lipinski definition) is 5. The lowest BCUT2D eigenvalue weighted by atomic mass is 9.88. The number of rotatable bonds is 4. The minimum atomic E-state index is -0.101. The number of pyridine rings is 2. The Balaban J connectivity index is 1.44. The Bertz CT molecular complexity index is 1530. The predicted octanol–water partition coefficient (Wildman–Crippen LogP) is 5.34. The van der Waals surface area contributed by atoms with Crippen LogP contribution < -0.4 is 16.2 Å². The van der Waals surface area contributed by atoms with Crippen molar-refractivity contribution in [3.63, 3.8) is 0 Å². The highest BCUT2D eigenvalue weighted by Gasteiger charge is 2.46. The third-order valence-corrected chi connectivity index (χ3v) is 7.55. The normalized spacial score (nSPS) is 16.5. The summed E-state index contributed by atoms with van der Waals surface area (Å²) in [5.41, 5.74) is 5.82. The van der Waals surface area contributed by atoms with Crippen molar-refractivity contribution in [2.75, 3.05) is 11.9 Å². The molecule has 7 nitrogen and oxygen atoms in total. The fourth-order valence-corrected chi connectivity index (χ4v) is 5.45. The zero-order valence-corrected chi connectivity index (χ0v) is 21.7. The molecule has 2 N–H and O–H groups in total. The number of benzene rings is 1. The van der Waals surface area contributed by atoms with E-state index in [4.69, 9.17) is 4.98 Å². The maximum atomic E-state index is 13.4. The lowest BCUT2D eigenvalue weighted by molar-refractivity contribution is 0.470. The van der Waals surface area contributed by atoms with Gasteiger partial charge < -0.3 is 10.6 Å². The summed E-state index contributed by atoms with van der Waals surface area (Å²) >= 11 is 0. The van der Waals surface area contributed by atoms with E-state index in [9.17, 15) is 4.79 Å². The Kier molecular flexibility index (Phi) is 5.13. The second-order valence-electron chi connectivity index (χ2n) is 11.7. The number of anilines is 2. The highest BCUT2D eigenvalue weighted by molar-refractivity contribution is 5.82. The van der Waals surface area contributed by atoms with Gasteiger partial charge in [0.1, 0.15) is 5.82 Å². The van der Waals surface area contributed by atoms with Crippen molar-refractivity contribution >= 4 is 22.4 Å². The van der Waals surface area contributed by atoms with Crippen LogP contribution in [0.25, 0.3) is 16.7 Å². The van der Waals surface area contributed by atoms with E-state index in [-0.39, 0.29) is 17.0 Å². The molecule has 1 saturated carbocycles. The second kappa shape index (κ2) is 8.03. The topological polar surface area (TPSA) is 76.8 Å². The quantitative estimate of drug-likeness (QED) is 0.411. The fourth-order valence-electron chi connectivity index (χ4n) is 5.45. The lowest BCUT2D eigenvalue weighted by Gasteiger charge is -2.26. The number of aromatic nitrogens is 4. The van der Waals surface area contributed by atoms with Crippen molar-refractivity contribution < 1.29 is 0 Å². The molecule has 186 valence electrons. The highest BCUT2D eigenvalue weighted by atomic mass is 16.1. The average Bonchev–Trinajstić information content (AvgIpc) is 3.54. The molecule has 4 heterocycles. The van der Waals surface area contributed by atoms with Gasteiger partial charge in [0.15, 0.2) is 5.82 Å². The van der Waals surface area contributed by atoms with Crippen LogP contribution in [0.15, 0.2) is 53.5 Å².